The van der Waals surface area contributed by atoms with Crippen LogP contribution in [0.2, 0.25) is 0 Å². The molecule has 0 amide bonds. The lowest BCUT2D eigenvalue weighted by atomic mass is 9.99. The number of rotatable bonds is 10. The second-order valence-corrected chi connectivity index (χ2v) is 25.9. The van der Waals surface area contributed by atoms with E-state index in [1.54, 1.807) is 0 Å². The fourth-order valence-electron chi connectivity index (χ4n) is 13.8. The molecule has 20 rings (SSSR count). The molecule has 14 aromatic carbocycles. The summed E-state index contributed by atoms with van der Waals surface area (Å²) < 4.78 is 22.6. The molecular weight excluding hydrogens is 1250 g/mol. The third-order valence-electron chi connectivity index (χ3n) is 18.7. The van der Waals surface area contributed by atoms with Gasteiger partial charge in [-0.2, -0.15) is 0 Å². The van der Waals surface area contributed by atoms with Gasteiger partial charge >= 0.3 is 0 Å². The molecule has 0 radical (unpaired) electrons. The first-order valence-electron chi connectivity index (χ1n) is 33.2. The molecule has 0 bridgehead atoms. The van der Waals surface area contributed by atoms with E-state index in [9.17, 15) is 0 Å². The number of aromatic nitrogens is 6. The third kappa shape index (κ3) is 10.4. The standard InChI is InChI=1S/C45H27N3O2.C45H27N3OS/c1-4-12-28(13-5-1)31-22-24-39-37(26-31)38-27-32(23-25-40(38)49-39)33-18-10-19-34-35-20-11-21-36(42(35)50-41(33)34)45-47-43(29-14-6-2-7-15-29)46-44(48-45)30-16-8-3-9-17-30;1-4-12-28(13-5-1)31-22-24-39-37(26-31)38-27-32(23-25-40(38)50-39)33-18-10-19-34-35-20-11-21-36(42(35)49-41(33)34)45-47-43(29-14-6-2-7-15-29)46-44(48-45)30-16-8-3-9-17-30/h2*1-27H. The lowest BCUT2D eigenvalue weighted by Gasteiger charge is -2.08. The topological polar surface area (TPSA) is 117 Å². The van der Waals surface area contributed by atoms with Gasteiger partial charge in [0.1, 0.15) is 33.5 Å². The number of para-hydroxylation sites is 4. The summed E-state index contributed by atoms with van der Waals surface area (Å²) in [4.78, 5) is 29.8. The van der Waals surface area contributed by atoms with Crippen LogP contribution in [0.5, 0.6) is 0 Å². The van der Waals surface area contributed by atoms with Crippen molar-refractivity contribution in [1.82, 2.24) is 29.9 Å². The Labute approximate surface area is 577 Å². The molecule has 0 aliphatic rings. The van der Waals surface area contributed by atoms with Crippen molar-refractivity contribution >= 4 is 97.3 Å². The highest BCUT2D eigenvalue weighted by molar-refractivity contribution is 7.25. The third-order valence-corrected chi connectivity index (χ3v) is 19.9. The molecule has 9 nitrogen and oxygen atoms in total. The lowest BCUT2D eigenvalue weighted by molar-refractivity contribution is 0.668. The monoisotopic (exact) mass is 1300 g/mol. The maximum Gasteiger partial charge on any atom is 0.167 e. The molecule has 468 valence electrons. The Bertz CT molecular complexity index is 6000. The molecule has 0 saturated carbocycles. The van der Waals surface area contributed by atoms with Crippen LogP contribution in [0, 0.1) is 0 Å². The predicted octanol–water partition coefficient (Wildman–Crippen LogP) is 24.5. The molecule has 0 unspecified atom stereocenters. The van der Waals surface area contributed by atoms with Gasteiger partial charge in [-0.05, 0) is 94.0 Å². The zero-order valence-electron chi connectivity index (χ0n) is 53.5. The summed E-state index contributed by atoms with van der Waals surface area (Å²) in [7, 11) is 0. The van der Waals surface area contributed by atoms with Crippen LogP contribution in [-0.2, 0) is 0 Å². The van der Waals surface area contributed by atoms with Crippen molar-refractivity contribution in [1.29, 1.82) is 0 Å². The van der Waals surface area contributed by atoms with Crippen molar-refractivity contribution in [3.05, 3.63) is 328 Å². The summed E-state index contributed by atoms with van der Waals surface area (Å²) in [6, 6.07) is 113. The molecule has 100 heavy (non-hydrogen) atoms. The van der Waals surface area contributed by atoms with Crippen LogP contribution in [0.3, 0.4) is 0 Å². The second kappa shape index (κ2) is 24.4. The van der Waals surface area contributed by atoms with E-state index in [2.05, 4.69) is 182 Å². The molecule has 0 N–H and O–H groups in total. The van der Waals surface area contributed by atoms with Gasteiger partial charge in [-0.3, -0.25) is 0 Å². The molecular formula is C90H54N6O3S. The molecule has 6 aromatic heterocycles. The Morgan fingerprint density at radius 1 is 0.180 bits per heavy atom. The number of benzene rings is 14. The van der Waals surface area contributed by atoms with E-state index in [0.29, 0.717) is 34.9 Å². The summed E-state index contributed by atoms with van der Waals surface area (Å²) in [5.74, 6) is 3.59. The molecule has 0 fully saturated rings. The van der Waals surface area contributed by atoms with E-state index in [1.165, 1.54) is 36.9 Å². The van der Waals surface area contributed by atoms with Gasteiger partial charge in [-0.1, -0.05) is 267 Å². The van der Waals surface area contributed by atoms with Gasteiger partial charge in [-0.25, -0.2) is 29.9 Å². The molecule has 0 saturated heterocycles. The average Bonchev–Trinajstić information content (AvgIpc) is 1.47. The molecule has 0 aliphatic heterocycles. The van der Waals surface area contributed by atoms with E-state index >= 15 is 0 Å². The normalized spacial score (nSPS) is 11.6. The van der Waals surface area contributed by atoms with E-state index in [1.807, 2.05) is 157 Å². The fraction of sp³-hybridized carbons (Fsp3) is 0. The van der Waals surface area contributed by atoms with E-state index in [0.717, 1.165) is 127 Å². The summed E-state index contributed by atoms with van der Waals surface area (Å²) in [6.07, 6.45) is 0. The lowest BCUT2D eigenvalue weighted by Crippen LogP contribution is -2.00. The van der Waals surface area contributed by atoms with Crippen LogP contribution in [0.25, 0.3) is 199 Å². The van der Waals surface area contributed by atoms with Crippen LogP contribution in [-0.4, -0.2) is 29.9 Å². The van der Waals surface area contributed by atoms with Gasteiger partial charge in [0.2, 0.25) is 0 Å². The maximum absolute atomic E-state index is 6.87. The van der Waals surface area contributed by atoms with Crippen molar-refractivity contribution in [3.8, 4) is 113 Å². The van der Waals surface area contributed by atoms with Gasteiger partial charge in [0.15, 0.2) is 34.9 Å². The van der Waals surface area contributed by atoms with Gasteiger partial charge < -0.3 is 13.3 Å². The van der Waals surface area contributed by atoms with Crippen molar-refractivity contribution in [2.75, 3.05) is 0 Å². The van der Waals surface area contributed by atoms with E-state index in [4.69, 9.17) is 43.2 Å². The Morgan fingerprint density at radius 2 is 0.460 bits per heavy atom. The number of furan rings is 3. The Hall–Kier alpha value is -13.3. The number of hydrogen-bond acceptors (Lipinski definition) is 10. The summed E-state index contributed by atoms with van der Waals surface area (Å²) in [6.45, 7) is 0. The Kier molecular flexibility index (Phi) is 14.2. The molecule has 20 aromatic rings. The first-order chi connectivity index (χ1) is 49.5. The zero-order chi connectivity index (χ0) is 66.0. The quantitative estimate of drug-likeness (QED) is 0.132. The summed E-state index contributed by atoms with van der Waals surface area (Å²) in [5.41, 5.74) is 19.2. The SMILES string of the molecule is c1ccc(-c2ccc3oc4ccc(-c5cccc6c5oc5c(-c7nc(-c8ccccc8)nc(-c8ccccc8)n7)cccc56)cc4c3c2)cc1.c1ccc(-c2ccc3sc4ccc(-c5cccc6c5oc5c(-c7nc(-c8ccccc8)nc(-c8ccccc8)n7)cccc56)cc4c3c2)cc1. The number of thiophene rings is 1. The minimum Gasteiger partial charge on any atom is -0.456 e. The van der Waals surface area contributed by atoms with Crippen molar-refractivity contribution in [2.24, 2.45) is 0 Å². The molecule has 6 heterocycles. The molecule has 10 heteroatoms. The number of nitrogens with zero attached hydrogens (tertiary/aromatic N) is 6. The number of fused-ring (bicyclic) bond motifs is 12. The largest absolute Gasteiger partial charge is 0.456 e. The molecule has 0 atom stereocenters. The average molecular weight is 1300 g/mol. The summed E-state index contributed by atoms with van der Waals surface area (Å²) in [5, 5.41) is 8.79. The smallest absolute Gasteiger partial charge is 0.167 e. The molecule has 0 aliphatic carbocycles. The van der Waals surface area contributed by atoms with E-state index in [-0.39, 0.29) is 0 Å². The summed E-state index contributed by atoms with van der Waals surface area (Å²) >= 11 is 1.83. The molecule has 0 spiro atoms. The van der Waals surface area contributed by atoms with E-state index < -0.39 is 0 Å². The Morgan fingerprint density at radius 3 is 0.840 bits per heavy atom. The van der Waals surface area contributed by atoms with Crippen LogP contribution in [0.4, 0.5) is 0 Å². The first-order valence-corrected chi connectivity index (χ1v) is 34.0. The van der Waals surface area contributed by atoms with Crippen LogP contribution < -0.4 is 0 Å². The predicted molar refractivity (Wildman–Crippen MR) is 409 cm³/mol. The minimum absolute atomic E-state index is 0.560. The number of hydrogen-bond donors (Lipinski definition) is 0. The first kappa shape index (κ1) is 58.1. The Balaban J connectivity index is 0.000000139. The minimum atomic E-state index is 0.560. The van der Waals surface area contributed by atoms with Crippen LogP contribution >= 0.6 is 11.3 Å². The van der Waals surface area contributed by atoms with Crippen molar-refractivity contribution in [3.63, 3.8) is 0 Å². The highest BCUT2D eigenvalue weighted by Crippen LogP contribution is 2.45. The van der Waals surface area contributed by atoms with Gasteiger partial charge in [0, 0.05) is 85.9 Å². The highest BCUT2D eigenvalue weighted by atomic mass is 32.1. The highest BCUT2D eigenvalue weighted by Gasteiger charge is 2.23. The fourth-order valence-corrected chi connectivity index (χ4v) is 14.9. The zero-order valence-corrected chi connectivity index (χ0v) is 54.3. The maximum atomic E-state index is 6.87. The van der Waals surface area contributed by atoms with Crippen molar-refractivity contribution in [2.45, 2.75) is 0 Å². The van der Waals surface area contributed by atoms with Crippen LogP contribution in [0.1, 0.15) is 0 Å². The van der Waals surface area contributed by atoms with Crippen LogP contribution in [0.15, 0.2) is 341 Å². The second-order valence-electron chi connectivity index (χ2n) is 24.8. The van der Waals surface area contributed by atoms with Gasteiger partial charge in [0.25, 0.3) is 0 Å². The van der Waals surface area contributed by atoms with Gasteiger partial charge in [0.05, 0.1) is 11.1 Å². The van der Waals surface area contributed by atoms with Crippen molar-refractivity contribution < 1.29 is 13.3 Å². The van der Waals surface area contributed by atoms with Gasteiger partial charge in [-0.15, -0.1) is 11.3 Å².